The lowest BCUT2D eigenvalue weighted by Crippen LogP contribution is -2.30. The summed E-state index contributed by atoms with van der Waals surface area (Å²) in [5, 5.41) is 3.60. The number of nitrogens with zero attached hydrogens (tertiary/aromatic N) is 2. The van der Waals surface area contributed by atoms with Gasteiger partial charge in [0.05, 0.1) is 6.33 Å². The first-order valence-electron chi connectivity index (χ1n) is 7.10. The van der Waals surface area contributed by atoms with Crippen molar-refractivity contribution in [2.75, 3.05) is 13.1 Å². The minimum absolute atomic E-state index is 0.743. The molecular formula is C15H25N3. The number of aromatic nitrogens is 2. The Balaban J connectivity index is 1.63. The summed E-state index contributed by atoms with van der Waals surface area (Å²) in [6, 6.07) is 0. The third-order valence-corrected chi connectivity index (χ3v) is 4.05. The minimum Gasteiger partial charge on any atom is -0.337 e. The van der Waals surface area contributed by atoms with Crippen molar-refractivity contribution in [3.63, 3.8) is 0 Å². The summed E-state index contributed by atoms with van der Waals surface area (Å²) in [6.45, 7) is 7.95. The molecule has 0 bridgehead atoms. The van der Waals surface area contributed by atoms with Crippen LogP contribution in [0.1, 0.15) is 33.1 Å². The van der Waals surface area contributed by atoms with Gasteiger partial charge in [-0.15, -0.1) is 0 Å². The van der Waals surface area contributed by atoms with Crippen molar-refractivity contribution in [2.45, 2.75) is 39.7 Å². The Labute approximate surface area is 110 Å². The topological polar surface area (TPSA) is 29.9 Å². The van der Waals surface area contributed by atoms with Gasteiger partial charge in [-0.1, -0.05) is 18.6 Å². The zero-order valence-corrected chi connectivity index (χ0v) is 11.6. The first-order valence-corrected chi connectivity index (χ1v) is 7.10. The molecule has 1 N–H and O–H groups in total. The number of hydrogen-bond donors (Lipinski definition) is 1. The van der Waals surface area contributed by atoms with E-state index in [0.29, 0.717) is 0 Å². The number of allylic oxidation sites excluding steroid dienone is 1. The summed E-state index contributed by atoms with van der Waals surface area (Å²) in [5.41, 5.74) is 1.58. The van der Waals surface area contributed by atoms with Crippen molar-refractivity contribution in [2.24, 2.45) is 11.8 Å². The lowest BCUT2D eigenvalue weighted by Gasteiger charge is -2.29. The Kier molecular flexibility index (Phi) is 5.00. The van der Waals surface area contributed by atoms with E-state index in [2.05, 4.69) is 34.8 Å². The third-order valence-electron chi connectivity index (χ3n) is 4.05. The molecule has 3 nitrogen and oxygen atoms in total. The van der Waals surface area contributed by atoms with Crippen LogP contribution < -0.4 is 5.32 Å². The SMILES string of the molecule is CC1=CCCC(C)C1CNCCCn1ccnc1. The Morgan fingerprint density at radius 3 is 3.11 bits per heavy atom. The number of aryl methyl sites for hydroxylation is 1. The van der Waals surface area contributed by atoms with Crippen molar-refractivity contribution in [1.29, 1.82) is 0 Å². The van der Waals surface area contributed by atoms with Crippen molar-refractivity contribution < 1.29 is 0 Å². The fourth-order valence-corrected chi connectivity index (χ4v) is 2.80. The van der Waals surface area contributed by atoms with Gasteiger partial charge in [-0.2, -0.15) is 0 Å². The second kappa shape index (κ2) is 6.74. The maximum absolute atomic E-state index is 4.05. The molecule has 0 saturated carbocycles. The van der Waals surface area contributed by atoms with Crippen LogP contribution >= 0.6 is 0 Å². The van der Waals surface area contributed by atoms with E-state index in [9.17, 15) is 0 Å². The Hall–Kier alpha value is -1.09. The quantitative estimate of drug-likeness (QED) is 0.619. The lowest BCUT2D eigenvalue weighted by molar-refractivity contribution is 0.349. The van der Waals surface area contributed by atoms with Gasteiger partial charge in [0.15, 0.2) is 0 Å². The molecule has 3 heteroatoms. The summed E-state index contributed by atoms with van der Waals surface area (Å²) in [4.78, 5) is 4.05. The van der Waals surface area contributed by atoms with Gasteiger partial charge in [-0.25, -0.2) is 4.98 Å². The fraction of sp³-hybridized carbons (Fsp3) is 0.667. The summed E-state index contributed by atoms with van der Waals surface area (Å²) >= 11 is 0. The van der Waals surface area contributed by atoms with Gasteiger partial charge in [0.1, 0.15) is 0 Å². The monoisotopic (exact) mass is 247 g/mol. The highest BCUT2D eigenvalue weighted by Gasteiger charge is 2.21. The molecule has 0 saturated heterocycles. The first-order chi connectivity index (χ1) is 8.77. The van der Waals surface area contributed by atoms with E-state index < -0.39 is 0 Å². The zero-order valence-electron chi connectivity index (χ0n) is 11.6. The van der Waals surface area contributed by atoms with Gasteiger partial charge >= 0.3 is 0 Å². The molecule has 1 aliphatic rings. The van der Waals surface area contributed by atoms with Gasteiger partial charge in [0.2, 0.25) is 0 Å². The smallest absolute Gasteiger partial charge is 0.0945 e. The molecule has 1 aromatic heterocycles. The summed E-state index contributed by atoms with van der Waals surface area (Å²) in [6.07, 6.45) is 11.9. The number of imidazole rings is 1. The predicted octanol–water partition coefficient (Wildman–Crippen LogP) is 2.86. The van der Waals surface area contributed by atoms with Gasteiger partial charge < -0.3 is 9.88 Å². The van der Waals surface area contributed by atoms with Crippen LogP contribution in [-0.2, 0) is 6.54 Å². The van der Waals surface area contributed by atoms with Gasteiger partial charge in [0.25, 0.3) is 0 Å². The highest BCUT2D eigenvalue weighted by atomic mass is 15.0. The van der Waals surface area contributed by atoms with Crippen molar-refractivity contribution in [3.05, 3.63) is 30.4 Å². The molecule has 18 heavy (non-hydrogen) atoms. The molecule has 0 fully saturated rings. The highest BCUT2D eigenvalue weighted by Crippen LogP contribution is 2.29. The molecule has 1 heterocycles. The molecule has 1 aliphatic carbocycles. The number of hydrogen-bond acceptors (Lipinski definition) is 2. The summed E-state index contributed by atoms with van der Waals surface area (Å²) < 4.78 is 2.13. The molecule has 100 valence electrons. The average molecular weight is 247 g/mol. The van der Waals surface area contributed by atoms with E-state index >= 15 is 0 Å². The van der Waals surface area contributed by atoms with Gasteiger partial charge in [-0.05, 0) is 44.6 Å². The third kappa shape index (κ3) is 3.70. The Morgan fingerprint density at radius 2 is 2.39 bits per heavy atom. The average Bonchev–Trinajstić information content (AvgIpc) is 2.85. The van der Waals surface area contributed by atoms with Gasteiger partial charge in [0, 0.05) is 25.5 Å². The van der Waals surface area contributed by atoms with Crippen LogP contribution in [0.2, 0.25) is 0 Å². The lowest BCUT2D eigenvalue weighted by atomic mass is 9.80. The van der Waals surface area contributed by atoms with Crippen molar-refractivity contribution in [3.8, 4) is 0 Å². The normalized spacial score (nSPS) is 24.0. The van der Waals surface area contributed by atoms with Crippen LogP contribution in [0.3, 0.4) is 0 Å². The molecule has 2 unspecified atom stereocenters. The van der Waals surface area contributed by atoms with E-state index in [0.717, 1.165) is 31.5 Å². The van der Waals surface area contributed by atoms with Crippen LogP contribution in [0.5, 0.6) is 0 Å². The van der Waals surface area contributed by atoms with E-state index in [-0.39, 0.29) is 0 Å². The molecule has 2 rings (SSSR count). The largest absolute Gasteiger partial charge is 0.337 e. The van der Waals surface area contributed by atoms with E-state index in [1.54, 1.807) is 5.57 Å². The molecule has 0 spiro atoms. The molecule has 0 radical (unpaired) electrons. The zero-order chi connectivity index (χ0) is 12.8. The van der Waals surface area contributed by atoms with Crippen molar-refractivity contribution in [1.82, 2.24) is 14.9 Å². The molecular weight excluding hydrogens is 222 g/mol. The van der Waals surface area contributed by atoms with Crippen molar-refractivity contribution >= 4 is 0 Å². The molecule has 1 aromatic rings. The number of nitrogens with one attached hydrogen (secondary N) is 1. The van der Waals surface area contributed by atoms with Crippen LogP contribution in [-0.4, -0.2) is 22.6 Å². The summed E-state index contributed by atoms with van der Waals surface area (Å²) in [7, 11) is 0. The van der Waals surface area contributed by atoms with Crippen LogP contribution in [0, 0.1) is 11.8 Å². The van der Waals surface area contributed by atoms with Crippen LogP contribution in [0.4, 0.5) is 0 Å². The highest BCUT2D eigenvalue weighted by molar-refractivity contribution is 5.09. The van der Waals surface area contributed by atoms with Crippen LogP contribution in [0.25, 0.3) is 0 Å². The maximum atomic E-state index is 4.05. The van der Waals surface area contributed by atoms with Crippen LogP contribution in [0.15, 0.2) is 30.4 Å². The summed E-state index contributed by atoms with van der Waals surface area (Å²) in [5.74, 6) is 1.57. The molecule has 0 aromatic carbocycles. The molecule has 0 amide bonds. The van der Waals surface area contributed by atoms with E-state index in [1.807, 2.05) is 18.7 Å². The van der Waals surface area contributed by atoms with E-state index in [1.165, 1.54) is 19.3 Å². The standard InChI is InChI=1S/C15H25N3/c1-13-5-3-6-14(2)15(13)11-16-7-4-9-18-10-8-17-12-18/h5,8,10,12,14-16H,3-4,6-7,9,11H2,1-2H3. The second-order valence-corrected chi connectivity index (χ2v) is 5.47. The second-order valence-electron chi connectivity index (χ2n) is 5.47. The Morgan fingerprint density at radius 1 is 1.50 bits per heavy atom. The minimum atomic E-state index is 0.743. The number of rotatable bonds is 6. The Bertz CT molecular complexity index is 367. The molecule has 0 aliphatic heterocycles. The predicted molar refractivity (Wildman–Crippen MR) is 75.4 cm³/mol. The maximum Gasteiger partial charge on any atom is 0.0945 e. The fourth-order valence-electron chi connectivity index (χ4n) is 2.80. The molecule has 2 atom stereocenters. The van der Waals surface area contributed by atoms with E-state index in [4.69, 9.17) is 0 Å². The first kappa shape index (κ1) is 13.3. The van der Waals surface area contributed by atoms with Gasteiger partial charge in [-0.3, -0.25) is 0 Å².